The maximum atomic E-state index is 4.30. The van der Waals surface area contributed by atoms with Gasteiger partial charge in [0.15, 0.2) is 0 Å². The van der Waals surface area contributed by atoms with E-state index < -0.39 is 0 Å². The highest BCUT2D eigenvalue weighted by atomic mass is 15.0. The number of aryl methyl sites for hydroxylation is 1. The zero-order valence-corrected chi connectivity index (χ0v) is 8.96. The van der Waals surface area contributed by atoms with Gasteiger partial charge in [0, 0.05) is 19.4 Å². The number of rotatable bonds is 1. The van der Waals surface area contributed by atoms with Gasteiger partial charge in [0.25, 0.3) is 0 Å². The lowest BCUT2D eigenvalue weighted by atomic mass is 10.1. The third kappa shape index (κ3) is 1.37. The number of hydrogen-bond donors (Lipinski definition) is 0. The van der Waals surface area contributed by atoms with Gasteiger partial charge < -0.3 is 4.57 Å². The van der Waals surface area contributed by atoms with Crippen molar-refractivity contribution in [3.05, 3.63) is 49.1 Å². The highest BCUT2D eigenvalue weighted by molar-refractivity contribution is 5.81. The topological polar surface area (TPSA) is 30.7 Å². The summed E-state index contributed by atoms with van der Waals surface area (Å²) >= 11 is 0. The van der Waals surface area contributed by atoms with Gasteiger partial charge in [0.1, 0.15) is 0 Å². The predicted octanol–water partition coefficient (Wildman–Crippen LogP) is 2.64. The summed E-state index contributed by atoms with van der Waals surface area (Å²) < 4.78 is 2.03. The van der Waals surface area contributed by atoms with E-state index in [9.17, 15) is 0 Å². The lowest BCUT2D eigenvalue weighted by Crippen LogP contribution is -1.85. The minimum atomic E-state index is 1.03. The Morgan fingerprint density at radius 2 is 1.81 bits per heavy atom. The van der Waals surface area contributed by atoms with Crippen LogP contribution >= 0.6 is 0 Å². The maximum Gasteiger partial charge on any atom is 0.0955 e. The first-order valence-corrected chi connectivity index (χ1v) is 5.16. The Morgan fingerprint density at radius 3 is 2.62 bits per heavy atom. The summed E-state index contributed by atoms with van der Waals surface area (Å²) in [7, 11) is 2.01. The van der Waals surface area contributed by atoms with Crippen molar-refractivity contribution in [3.63, 3.8) is 0 Å². The molecule has 3 heteroatoms. The molecule has 0 unspecified atom stereocenters. The second kappa shape index (κ2) is 3.45. The number of fused-ring (bicyclic) bond motifs is 1. The number of imidazole rings is 1. The van der Waals surface area contributed by atoms with Crippen molar-refractivity contribution >= 4 is 11.0 Å². The normalized spacial score (nSPS) is 10.8. The molecule has 2 heterocycles. The molecule has 0 aliphatic carbocycles. The first-order chi connectivity index (χ1) is 7.84. The van der Waals surface area contributed by atoms with Gasteiger partial charge in [-0.25, -0.2) is 4.98 Å². The molecular formula is C13H11N3. The van der Waals surface area contributed by atoms with Gasteiger partial charge in [0.05, 0.1) is 17.4 Å². The summed E-state index contributed by atoms with van der Waals surface area (Å²) in [4.78, 5) is 8.33. The SMILES string of the molecule is Cn1cnc2ccc(-c3ccncc3)cc21. The van der Waals surface area contributed by atoms with E-state index >= 15 is 0 Å². The molecule has 0 saturated heterocycles. The molecular weight excluding hydrogens is 198 g/mol. The second-order valence-electron chi connectivity index (χ2n) is 3.79. The lowest BCUT2D eigenvalue weighted by molar-refractivity contribution is 0.948. The first kappa shape index (κ1) is 9.09. The van der Waals surface area contributed by atoms with Crippen LogP contribution in [0.15, 0.2) is 49.1 Å². The van der Waals surface area contributed by atoms with Crippen LogP contribution < -0.4 is 0 Å². The largest absolute Gasteiger partial charge is 0.334 e. The quantitative estimate of drug-likeness (QED) is 0.616. The fourth-order valence-electron chi connectivity index (χ4n) is 1.85. The molecule has 0 radical (unpaired) electrons. The Balaban J connectivity index is 2.22. The van der Waals surface area contributed by atoms with Crippen molar-refractivity contribution in [2.75, 3.05) is 0 Å². The van der Waals surface area contributed by atoms with Gasteiger partial charge in [0.2, 0.25) is 0 Å². The molecule has 0 N–H and O–H groups in total. The molecule has 3 nitrogen and oxygen atoms in total. The van der Waals surface area contributed by atoms with Crippen LogP contribution in [0.2, 0.25) is 0 Å². The highest BCUT2D eigenvalue weighted by Crippen LogP contribution is 2.22. The van der Waals surface area contributed by atoms with Gasteiger partial charge in [-0.1, -0.05) is 6.07 Å². The Morgan fingerprint density at radius 1 is 1.00 bits per heavy atom. The summed E-state index contributed by atoms with van der Waals surface area (Å²) in [6.07, 6.45) is 5.45. The number of benzene rings is 1. The van der Waals surface area contributed by atoms with Crippen LogP contribution in [-0.4, -0.2) is 14.5 Å². The van der Waals surface area contributed by atoms with E-state index in [0.29, 0.717) is 0 Å². The molecule has 0 aliphatic heterocycles. The summed E-state index contributed by atoms with van der Waals surface area (Å²) in [6.45, 7) is 0. The van der Waals surface area contributed by atoms with Crippen LogP contribution in [0.25, 0.3) is 22.2 Å². The third-order valence-corrected chi connectivity index (χ3v) is 2.74. The molecule has 2 aromatic heterocycles. The monoisotopic (exact) mass is 209 g/mol. The van der Waals surface area contributed by atoms with Crippen LogP contribution in [0.4, 0.5) is 0 Å². The minimum absolute atomic E-state index is 1.03. The summed E-state index contributed by atoms with van der Waals surface area (Å²) in [5.74, 6) is 0. The summed E-state index contributed by atoms with van der Waals surface area (Å²) in [5.41, 5.74) is 4.55. The Kier molecular flexibility index (Phi) is 1.96. The van der Waals surface area contributed by atoms with E-state index in [0.717, 1.165) is 11.0 Å². The molecule has 0 aliphatic rings. The molecule has 0 saturated carbocycles. The number of aromatic nitrogens is 3. The average Bonchev–Trinajstić information content (AvgIpc) is 2.72. The third-order valence-electron chi connectivity index (χ3n) is 2.74. The molecule has 78 valence electrons. The van der Waals surface area contributed by atoms with E-state index in [4.69, 9.17) is 0 Å². The Bertz CT molecular complexity index is 626. The van der Waals surface area contributed by atoms with E-state index in [1.54, 1.807) is 0 Å². The number of hydrogen-bond acceptors (Lipinski definition) is 2. The van der Waals surface area contributed by atoms with E-state index in [2.05, 4.69) is 22.1 Å². The summed E-state index contributed by atoms with van der Waals surface area (Å²) in [5, 5.41) is 0. The van der Waals surface area contributed by atoms with Crippen LogP contribution in [0, 0.1) is 0 Å². The lowest BCUT2D eigenvalue weighted by Gasteiger charge is -2.01. The van der Waals surface area contributed by atoms with Gasteiger partial charge >= 0.3 is 0 Å². The predicted molar refractivity (Wildman–Crippen MR) is 63.9 cm³/mol. The molecule has 0 atom stereocenters. The minimum Gasteiger partial charge on any atom is -0.334 e. The molecule has 16 heavy (non-hydrogen) atoms. The Labute approximate surface area is 93.4 Å². The van der Waals surface area contributed by atoms with E-state index in [1.807, 2.05) is 48.5 Å². The van der Waals surface area contributed by atoms with Gasteiger partial charge in [-0.2, -0.15) is 0 Å². The van der Waals surface area contributed by atoms with Crippen molar-refractivity contribution < 1.29 is 0 Å². The first-order valence-electron chi connectivity index (χ1n) is 5.16. The van der Waals surface area contributed by atoms with E-state index in [1.165, 1.54) is 11.1 Å². The maximum absolute atomic E-state index is 4.30. The summed E-state index contributed by atoms with van der Waals surface area (Å²) in [6, 6.07) is 10.3. The van der Waals surface area contributed by atoms with Crippen LogP contribution in [0.5, 0.6) is 0 Å². The number of nitrogens with zero attached hydrogens (tertiary/aromatic N) is 3. The van der Waals surface area contributed by atoms with Crippen LogP contribution in [0.3, 0.4) is 0 Å². The van der Waals surface area contributed by atoms with Gasteiger partial charge in [-0.05, 0) is 35.4 Å². The zero-order chi connectivity index (χ0) is 11.0. The molecule has 0 fully saturated rings. The van der Waals surface area contributed by atoms with Crippen LogP contribution in [0.1, 0.15) is 0 Å². The molecule has 0 amide bonds. The molecule has 0 spiro atoms. The fourth-order valence-corrected chi connectivity index (χ4v) is 1.85. The van der Waals surface area contributed by atoms with Crippen molar-refractivity contribution in [1.82, 2.24) is 14.5 Å². The fraction of sp³-hybridized carbons (Fsp3) is 0.0769. The Hall–Kier alpha value is -2.16. The van der Waals surface area contributed by atoms with Crippen molar-refractivity contribution in [2.24, 2.45) is 7.05 Å². The highest BCUT2D eigenvalue weighted by Gasteiger charge is 2.02. The van der Waals surface area contributed by atoms with Gasteiger partial charge in [-0.15, -0.1) is 0 Å². The number of pyridine rings is 1. The van der Waals surface area contributed by atoms with Crippen molar-refractivity contribution in [1.29, 1.82) is 0 Å². The molecule has 0 bridgehead atoms. The molecule has 3 rings (SSSR count). The van der Waals surface area contributed by atoms with Crippen molar-refractivity contribution in [3.8, 4) is 11.1 Å². The molecule has 1 aromatic carbocycles. The average molecular weight is 209 g/mol. The smallest absolute Gasteiger partial charge is 0.0955 e. The standard InChI is InChI=1S/C13H11N3/c1-16-9-15-12-3-2-11(8-13(12)16)10-4-6-14-7-5-10/h2-9H,1H3. The van der Waals surface area contributed by atoms with Gasteiger partial charge in [-0.3, -0.25) is 4.98 Å². The van der Waals surface area contributed by atoms with Crippen molar-refractivity contribution in [2.45, 2.75) is 0 Å². The molecule has 3 aromatic rings. The van der Waals surface area contributed by atoms with E-state index in [-0.39, 0.29) is 0 Å². The van der Waals surface area contributed by atoms with Crippen LogP contribution in [-0.2, 0) is 7.05 Å². The second-order valence-corrected chi connectivity index (χ2v) is 3.79. The zero-order valence-electron chi connectivity index (χ0n) is 8.96.